The van der Waals surface area contributed by atoms with Gasteiger partial charge in [-0.1, -0.05) is 24.4 Å². The predicted molar refractivity (Wildman–Crippen MR) is 82.7 cm³/mol. The Morgan fingerprint density at radius 1 is 1.26 bits per heavy atom. The summed E-state index contributed by atoms with van der Waals surface area (Å²) in [4.78, 5) is 4.47. The third kappa shape index (κ3) is 3.52. The van der Waals surface area contributed by atoms with Crippen molar-refractivity contribution in [3.63, 3.8) is 0 Å². The standard InChI is InChI=1S/C13H18N2O2S2/c1-19-13(18)15-7-5-14(6-8-15)9-10-3-2-4-11(16)12(10)17/h2-4,16-17H,5-9H2,1H3. The molecule has 19 heavy (non-hydrogen) atoms. The normalized spacial score (nSPS) is 16.6. The molecule has 2 rings (SSSR count). The summed E-state index contributed by atoms with van der Waals surface area (Å²) >= 11 is 6.89. The molecule has 0 atom stereocenters. The molecule has 0 aliphatic carbocycles. The van der Waals surface area contributed by atoms with E-state index in [4.69, 9.17) is 12.2 Å². The van der Waals surface area contributed by atoms with Crippen molar-refractivity contribution in [3.8, 4) is 11.5 Å². The number of thioether (sulfide) groups is 1. The molecule has 4 nitrogen and oxygen atoms in total. The minimum Gasteiger partial charge on any atom is -0.504 e. The Kier molecular flexibility index (Phi) is 4.90. The number of para-hydroxylation sites is 1. The fraction of sp³-hybridized carbons (Fsp3) is 0.462. The van der Waals surface area contributed by atoms with Gasteiger partial charge in [0.05, 0.1) is 0 Å². The summed E-state index contributed by atoms with van der Waals surface area (Å²) in [5.74, 6) is -0.0655. The van der Waals surface area contributed by atoms with Crippen LogP contribution in [0, 0.1) is 0 Å². The number of hydrogen-bond donors (Lipinski definition) is 2. The van der Waals surface area contributed by atoms with E-state index in [9.17, 15) is 10.2 Å². The van der Waals surface area contributed by atoms with Crippen molar-refractivity contribution in [1.82, 2.24) is 9.80 Å². The number of phenolic OH excluding ortho intramolecular Hbond substituents is 2. The van der Waals surface area contributed by atoms with E-state index in [-0.39, 0.29) is 11.5 Å². The molecule has 0 unspecified atom stereocenters. The Bertz CT molecular complexity index is 460. The second-order valence-corrected chi connectivity index (χ2v) is 5.96. The Morgan fingerprint density at radius 3 is 2.58 bits per heavy atom. The quantitative estimate of drug-likeness (QED) is 0.642. The molecule has 1 aromatic carbocycles. The molecule has 1 aliphatic rings. The van der Waals surface area contributed by atoms with E-state index >= 15 is 0 Å². The number of nitrogens with zero attached hydrogens (tertiary/aromatic N) is 2. The van der Waals surface area contributed by atoms with Crippen LogP contribution in [0.3, 0.4) is 0 Å². The highest BCUT2D eigenvalue weighted by Crippen LogP contribution is 2.29. The van der Waals surface area contributed by atoms with Gasteiger partial charge in [0.2, 0.25) is 0 Å². The van der Waals surface area contributed by atoms with E-state index < -0.39 is 0 Å². The summed E-state index contributed by atoms with van der Waals surface area (Å²) < 4.78 is 0.944. The fourth-order valence-electron chi connectivity index (χ4n) is 2.16. The van der Waals surface area contributed by atoms with Crippen LogP contribution in [0.5, 0.6) is 11.5 Å². The summed E-state index contributed by atoms with van der Waals surface area (Å²) in [5.41, 5.74) is 0.765. The van der Waals surface area contributed by atoms with Crippen LogP contribution in [0.2, 0.25) is 0 Å². The number of aromatic hydroxyl groups is 2. The van der Waals surface area contributed by atoms with E-state index in [1.807, 2.05) is 12.3 Å². The highest BCUT2D eigenvalue weighted by molar-refractivity contribution is 8.22. The molecule has 1 saturated heterocycles. The minimum atomic E-state index is -0.0558. The van der Waals surface area contributed by atoms with Crippen LogP contribution in [-0.4, -0.2) is 56.8 Å². The second kappa shape index (κ2) is 6.45. The first-order chi connectivity index (χ1) is 9.11. The van der Waals surface area contributed by atoms with Crippen molar-refractivity contribution in [3.05, 3.63) is 23.8 Å². The Morgan fingerprint density at radius 2 is 1.95 bits per heavy atom. The summed E-state index contributed by atoms with van der Waals surface area (Å²) in [5, 5.41) is 19.3. The van der Waals surface area contributed by atoms with Gasteiger partial charge in [-0.25, -0.2) is 0 Å². The smallest absolute Gasteiger partial charge is 0.161 e. The van der Waals surface area contributed by atoms with E-state index in [0.29, 0.717) is 6.54 Å². The lowest BCUT2D eigenvalue weighted by molar-refractivity contribution is 0.177. The summed E-state index contributed by atoms with van der Waals surface area (Å²) in [6.45, 7) is 4.31. The van der Waals surface area contributed by atoms with Crippen LogP contribution < -0.4 is 0 Å². The molecule has 1 aliphatic heterocycles. The number of benzene rings is 1. The van der Waals surface area contributed by atoms with Crippen LogP contribution in [-0.2, 0) is 6.54 Å². The zero-order valence-corrected chi connectivity index (χ0v) is 12.5. The van der Waals surface area contributed by atoms with Gasteiger partial charge in [0, 0.05) is 38.3 Å². The number of piperazine rings is 1. The largest absolute Gasteiger partial charge is 0.504 e. The molecular weight excluding hydrogens is 280 g/mol. The topological polar surface area (TPSA) is 46.9 Å². The van der Waals surface area contributed by atoms with Gasteiger partial charge in [0.1, 0.15) is 4.32 Å². The molecule has 1 fully saturated rings. The maximum atomic E-state index is 9.80. The highest BCUT2D eigenvalue weighted by Gasteiger charge is 2.19. The number of hydrogen-bond acceptors (Lipinski definition) is 5. The van der Waals surface area contributed by atoms with Gasteiger partial charge < -0.3 is 15.1 Å². The Hall–Kier alpha value is -0.980. The molecule has 1 heterocycles. The lowest BCUT2D eigenvalue weighted by Crippen LogP contribution is -2.47. The zero-order chi connectivity index (χ0) is 13.8. The maximum absolute atomic E-state index is 9.80. The highest BCUT2D eigenvalue weighted by atomic mass is 32.2. The van der Waals surface area contributed by atoms with E-state index in [2.05, 4.69) is 9.80 Å². The first-order valence-electron chi connectivity index (χ1n) is 6.17. The van der Waals surface area contributed by atoms with Gasteiger partial charge >= 0.3 is 0 Å². The van der Waals surface area contributed by atoms with Crippen LogP contribution >= 0.6 is 24.0 Å². The lowest BCUT2D eigenvalue weighted by Gasteiger charge is -2.35. The molecule has 2 N–H and O–H groups in total. The van der Waals surface area contributed by atoms with E-state index in [0.717, 1.165) is 36.1 Å². The monoisotopic (exact) mass is 298 g/mol. The third-order valence-electron chi connectivity index (χ3n) is 3.30. The summed E-state index contributed by atoms with van der Waals surface area (Å²) in [6, 6.07) is 5.09. The number of rotatable bonds is 2. The average molecular weight is 298 g/mol. The molecule has 0 saturated carbocycles. The van der Waals surface area contributed by atoms with Crippen molar-refractivity contribution in [1.29, 1.82) is 0 Å². The van der Waals surface area contributed by atoms with Crippen LogP contribution in [0.25, 0.3) is 0 Å². The fourth-order valence-corrected chi connectivity index (χ4v) is 2.79. The zero-order valence-electron chi connectivity index (χ0n) is 10.9. The van der Waals surface area contributed by atoms with Crippen molar-refractivity contribution in [2.24, 2.45) is 0 Å². The third-order valence-corrected chi connectivity index (χ3v) is 4.66. The van der Waals surface area contributed by atoms with Gasteiger partial charge in [-0.15, -0.1) is 11.8 Å². The number of phenols is 2. The average Bonchev–Trinajstić information content (AvgIpc) is 2.44. The summed E-state index contributed by atoms with van der Waals surface area (Å²) in [6.07, 6.45) is 2.00. The van der Waals surface area contributed by atoms with Crippen LogP contribution in [0.1, 0.15) is 5.56 Å². The first kappa shape index (κ1) is 14.4. The van der Waals surface area contributed by atoms with Gasteiger partial charge in [-0.05, 0) is 12.3 Å². The van der Waals surface area contributed by atoms with Crippen LogP contribution in [0.4, 0.5) is 0 Å². The molecule has 6 heteroatoms. The van der Waals surface area contributed by atoms with Crippen molar-refractivity contribution >= 4 is 28.3 Å². The SMILES string of the molecule is CSC(=S)N1CCN(Cc2cccc(O)c2O)CC1. The summed E-state index contributed by atoms with van der Waals surface area (Å²) in [7, 11) is 0. The lowest BCUT2D eigenvalue weighted by atomic mass is 10.1. The van der Waals surface area contributed by atoms with Gasteiger partial charge in [0.25, 0.3) is 0 Å². The molecule has 0 aromatic heterocycles. The molecule has 0 bridgehead atoms. The number of thiocarbonyl (C=S) groups is 1. The molecule has 104 valence electrons. The minimum absolute atomic E-state index is 0.00966. The molecule has 0 amide bonds. The Labute approximate surface area is 123 Å². The van der Waals surface area contributed by atoms with Crippen molar-refractivity contribution < 1.29 is 10.2 Å². The molecule has 0 radical (unpaired) electrons. The van der Waals surface area contributed by atoms with Gasteiger partial charge in [0.15, 0.2) is 11.5 Å². The second-order valence-electron chi connectivity index (χ2n) is 4.52. The predicted octanol–water partition coefficient (Wildman–Crippen LogP) is 1.86. The molecule has 1 aromatic rings. The molecular formula is C13H18N2O2S2. The van der Waals surface area contributed by atoms with Crippen LogP contribution in [0.15, 0.2) is 18.2 Å². The van der Waals surface area contributed by atoms with Gasteiger partial charge in [-0.2, -0.15) is 0 Å². The van der Waals surface area contributed by atoms with Gasteiger partial charge in [-0.3, -0.25) is 4.90 Å². The first-order valence-corrected chi connectivity index (χ1v) is 7.80. The van der Waals surface area contributed by atoms with Crippen molar-refractivity contribution in [2.75, 3.05) is 32.4 Å². The molecule has 0 spiro atoms. The van der Waals surface area contributed by atoms with E-state index in [1.54, 1.807) is 17.8 Å². The Balaban J connectivity index is 1.92. The van der Waals surface area contributed by atoms with Crippen molar-refractivity contribution in [2.45, 2.75) is 6.54 Å². The maximum Gasteiger partial charge on any atom is 0.161 e. The van der Waals surface area contributed by atoms with E-state index in [1.165, 1.54) is 6.07 Å².